The zero-order valence-electron chi connectivity index (χ0n) is 32.2. The normalized spacial score (nSPS) is 15.8. The Bertz CT molecular complexity index is 1940. The van der Waals surface area contributed by atoms with Crippen LogP contribution in [0.3, 0.4) is 0 Å². The standard InChI is InChI=1S/C38H52FN3O10P2/c1-23(2)49-53(47,50-24(3)4)35(54(48,51-25(5)6)52-26(7)8)19-27-9-11-28(12-10-27)37(44)41-17-15-40(16-18-41)34-21-33-30(20-32(34)39)36(43)31(38(45)46)22-42(33)29-13-14-29/h9-12,20-26,29,35H,13-19H2,1-8H3,(H,45,46). The predicted molar refractivity (Wildman–Crippen MR) is 206 cm³/mol. The van der Waals surface area contributed by atoms with Gasteiger partial charge < -0.3 is 37.6 Å². The summed E-state index contributed by atoms with van der Waals surface area (Å²) >= 11 is 0. The first-order valence-corrected chi connectivity index (χ1v) is 21.7. The third-order valence-corrected chi connectivity index (χ3v) is 15.3. The van der Waals surface area contributed by atoms with Crippen LogP contribution in [0.1, 0.15) is 101 Å². The summed E-state index contributed by atoms with van der Waals surface area (Å²) < 4.78 is 70.0. The lowest BCUT2D eigenvalue weighted by Gasteiger charge is -2.36. The number of benzene rings is 2. The largest absolute Gasteiger partial charge is 0.477 e. The van der Waals surface area contributed by atoms with E-state index in [1.165, 1.54) is 6.20 Å². The first kappa shape index (κ1) is 41.8. The van der Waals surface area contributed by atoms with E-state index in [1.807, 2.05) is 4.90 Å². The van der Waals surface area contributed by atoms with Gasteiger partial charge in [-0.1, -0.05) is 12.1 Å². The lowest BCUT2D eigenvalue weighted by molar-refractivity contribution is 0.0693. The van der Waals surface area contributed by atoms with Crippen LogP contribution in [0, 0.1) is 5.82 Å². The van der Waals surface area contributed by atoms with E-state index < -0.39 is 62.2 Å². The van der Waals surface area contributed by atoms with E-state index in [1.54, 1.807) is 95.2 Å². The van der Waals surface area contributed by atoms with Gasteiger partial charge in [-0.15, -0.1) is 0 Å². The fourth-order valence-electron chi connectivity index (χ4n) is 6.64. The molecule has 2 aliphatic rings. The number of carbonyl (C=O) groups excluding carboxylic acids is 1. The Hall–Kier alpha value is -3.38. The molecule has 13 nitrogen and oxygen atoms in total. The van der Waals surface area contributed by atoms with Crippen LogP contribution in [0.25, 0.3) is 10.9 Å². The minimum atomic E-state index is -4.12. The fourth-order valence-corrected chi connectivity index (χ4v) is 12.6. The van der Waals surface area contributed by atoms with Crippen molar-refractivity contribution >= 4 is 43.7 Å². The lowest BCUT2D eigenvalue weighted by atomic mass is 10.1. The van der Waals surface area contributed by atoms with Crippen LogP contribution in [0.15, 0.2) is 47.4 Å². The number of carboxylic acid groups (broad SMARTS) is 1. The predicted octanol–water partition coefficient (Wildman–Crippen LogP) is 8.09. The highest BCUT2D eigenvalue weighted by molar-refractivity contribution is 7.72. The molecule has 5 rings (SSSR count). The smallest absolute Gasteiger partial charge is 0.346 e. The second kappa shape index (κ2) is 16.8. The van der Waals surface area contributed by atoms with Crippen LogP contribution in [0.4, 0.5) is 10.1 Å². The van der Waals surface area contributed by atoms with E-state index >= 15 is 4.39 Å². The highest BCUT2D eigenvalue weighted by Gasteiger charge is 2.53. The maximum Gasteiger partial charge on any atom is 0.346 e. The van der Waals surface area contributed by atoms with Crippen molar-refractivity contribution in [3.63, 3.8) is 0 Å². The molecule has 1 amide bonds. The van der Waals surface area contributed by atoms with E-state index in [-0.39, 0.29) is 35.0 Å². The van der Waals surface area contributed by atoms with Crippen molar-refractivity contribution in [1.29, 1.82) is 0 Å². The molecule has 1 aromatic heterocycles. The lowest BCUT2D eigenvalue weighted by Crippen LogP contribution is -2.49. The molecule has 1 saturated carbocycles. The number of halogens is 1. The Morgan fingerprint density at radius 3 is 1.76 bits per heavy atom. The van der Waals surface area contributed by atoms with Gasteiger partial charge in [-0.05, 0) is 104 Å². The molecule has 296 valence electrons. The molecule has 1 aliphatic carbocycles. The molecule has 2 heterocycles. The van der Waals surface area contributed by atoms with Gasteiger partial charge in [0, 0.05) is 49.4 Å². The number of amides is 1. The molecular weight excluding hydrogens is 739 g/mol. The number of aromatic carboxylic acids is 1. The summed E-state index contributed by atoms with van der Waals surface area (Å²) in [6.07, 6.45) is 0.931. The van der Waals surface area contributed by atoms with Crippen molar-refractivity contribution in [2.75, 3.05) is 31.1 Å². The zero-order chi connectivity index (χ0) is 39.7. The summed E-state index contributed by atoms with van der Waals surface area (Å²) in [5, 5.41) is 8.29. The summed E-state index contributed by atoms with van der Waals surface area (Å²) in [7, 11) is -8.23. The summed E-state index contributed by atoms with van der Waals surface area (Å²) in [4.78, 5) is 41.8. The Morgan fingerprint density at radius 1 is 0.815 bits per heavy atom. The van der Waals surface area contributed by atoms with Gasteiger partial charge in [0.15, 0.2) is 5.40 Å². The van der Waals surface area contributed by atoms with Gasteiger partial charge in [0.2, 0.25) is 5.43 Å². The minimum absolute atomic E-state index is 0.0251. The first-order valence-electron chi connectivity index (χ1n) is 18.5. The quantitative estimate of drug-likeness (QED) is 0.140. The summed E-state index contributed by atoms with van der Waals surface area (Å²) in [5.74, 6) is -2.21. The average molecular weight is 792 g/mol. The monoisotopic (exact) mass is 791 g/mol. The molecular formula is C38H52FN3O10P2. The zero-order valence-corrected chi connectivity index (χ0v) is 34.0. The molecule has 0 unspecified atom stereocenters. The van der Waals surface area contributed by atoms with Crippen molar-refractivity contribution in [1.82, 2.24) is 9.47 Å². The van der Waals surface area contributed by atoms with Crippen LogP contribution in [0.2, 0.25) is 0 Å². The summed E-state index contributed by atoms with van der Waals surface area (Å²) in [6, 6.07) is 9.50. The molecule has 0 bridgehead atoms. The number of piperazine rings is 1. The number of pyridine rings is 1. The van der Waals surface area contributed by atoms with Gasteiger partial charge in [0.1, 0.15) is 11.4 Å². The van der Waals surface area contributed by atoms with Crippen molar-refractivity contribution in [3.8, 4) is 0 Å². The molecule has 16 heteroatoms. The summed E-state index contributed by atoms with van der Waals surface area (Å²) in [5.41, 5.74) is 0.681. The Morgan fingerprint density at radius 2 is 1.31 bits per heavy atom. The maximum atomic E-state index is 15.5. The topological polar surface area (TPSA) is 154 Å². The van der Waals surface area contributed by atoms with E-state index in [4.69, 9.17) is 18.1 Å². The van der Waals surface area contributed by atoms with Crippen LogP contribution < -0.4 is 10.3 Å². The number of rotatable bonds is 16. The minimum Gasteiger partial charge on any atom is -0.477 e. The van der Waals surface area contributed by atoms with E-state index in [0.717, 1.165) is 18.9 Å². The first-order chi connectivity index (χ1) is 25.3. The second-order valence-corrected chi connectivity index (χ2v) is 19.7. The Kier molecular flexibility index (Phi) is 13.0. The van der Waals surface area contributed by atoms with Gasteiger partial charge in [0.25, 0.3) is 5.91 Å². The fraction of sp³-hybridized carbons (Fsp3) is 0.553. The van der Waals surface area contributed by atoms with Gasteiger partial charge in [0.05, 0.1) is 35.6 Å². The third kappa shape index (κ3) is 9.52. The van der Waals surface area contributed by atoms with E-state index in [2.05, 4.69) is 0 Å². The number of anilines is 1. The number of fused-ring (bicyclic) bond motifs is 1. The van der Waals surface area contributed by atoms with E-state index in [0.29, 0.717) is 42.8 Å². The molecule has 0 atom stereocenters. The number of nitrogens with zero attached hydrogens (tertiary/aromatic N) is 3. The molecule has 1 saturated heterocycles. The number of aromatic nitrogens is 1. The van der Waals surface area contributed by atoms with Gasteiger partial charge in [-0.25, -0.2) is 9.18 Å². The van der Waals surface area contributed by atoms with Gasteiger partial charge in [-0.3, -0.25) is 18.7 Å². The van der Waals surface area contributed by atoms with Crippen molar-refractivity contribution in [2.45, 2.75) is 111 Å². The molecule has 54 heavy (non-hydrogen) atoms. The number of carboxylic acids is 1. The number of hydrogen-bond donors (Lipinski definition) is 1. The third-order valence-electron chi connectivity index (χ3n) is 8.96. The van der Waals surface area contributed by atoms with Crippen molar-refractivity contribution < 1.29 is 46.3 Å². The van der Waals surface area contributed by atoms with Crippen molar-refractivity contribution in [3.05, 3.63) is 75.3 Å². The Balaban J connectivity index is 1.35. The Labute approximate surface area is 315 Å². The molecule has 0 spiro atoms. The number of carbonyl (C=O) groups is 2. The van der Waals surface area contributed by atoms with Crippen LogP contribution in [-0.2, 0) is 33.6 Å². The van der Waals surface area contributed by atoms with Crippen molar-refractivity contribution in [2.24, 2.45) is 0 Å². The molecule has 1 aliphatic heterocycles. The van der Waals surface area contributed by atoms with Crippen LogP contribution in [0.5, 0.6) is 0 Å². The highest BCUT2D eigenvalue weighted by Crippen LogP contribution is 2.72. The maximum absolute atomic E-state index is 15.5. The molecule has 0 radical (unpaired) electrons. The van der Waals surface area contributed by atoms with Crippen LogP contribution >= 0.6 is 15.2 Å². The highest BCUT2D eigenvalue weighted by atomic mass is 31.2. The molecule has 1 N–H and O–H groups in total. The average Bonchev–Trinajstić information content (AvgIpc) is 3.91. The molecule has 2 aromatic carbocycles. The van der Waals surface area contributed by atoms with E-state index in [9.17, 15) is 28.6 Å². The van der Waals surface area contributed by atoms with Gasteiger partial charge >= 0.3 is 21.2 Å². The van der Waals surface area contributed by atoms with Crippen LogP contribution in [-0.4, -0.2) is 82.4 Å². The molecule has 3 aromatic rings. The summed E-state index contributed by atoms with van der Waals surface area (Å²) in [6.45, 7) is 15.0. The second-order valence-electron chi connectivity index (χ2n) is 15.0. The number of hydrogen-bond acceptors (Lipinski definition) is 10. The van der Waals surface area contributed by atoms with Gasteiger partial charge in [-0.2, -0.15) is 0 Å². The SMILES string of the molecule is CC(C)OP(=O)(OC(C)C)C(Cc1ccc(C(=O)N2CCN(c3cc4c(cc3F)c(=O)c(C(=O)O)cn4C3CC3)CC2)cc1)P(=O)(OC(C)C)OC(C)C. The molecule has 2 fully saturated rings.